The van der Waals surface area contributed by atoms with Crippen LogP contribution in [-0.2, 0) is 28.5 Å². The summed E-state index contributed by atoms with van der Waals surface area (Å²) in [7, 11) is 0. The Hall–Kier alpha value is -5.43. The zero-order valence-electron chi connectivity index (χ0n) is 39.6. The highest BCUT2D eigenvalue weighted by atomic mass is 79.9. The van der Waals surface area contributed by atoms with Gasteiger partial charge < -0.3 is 32.5 Å². The Morgan fingerprint density at radius 2 is 0.986 bits per heavy atom. The van der Waals surface area contributed by atoms with Crippen molar-refractivity contribution in [1.82, 2.24) is 9.97 Å². The van der Waals surface area contributed by atoms with Crippen molar-refractivity contribution < 1.29 is 56.5 Å². The molecule has 18 heteroatoms. The number of oxazole rings is 2. The number of benzene rings is 4. The predicted molar refractivity (Wildman–Crippen MR) is 280 cm³/mol. The topological polar surface area (TPSA) is 184 Å². The number of rotatable bonds is 27. The van der Waals surface area contributed by atoms with Gasteiger partial charge in [0.25, 0.3) is 0 Å². The molecule has 0 aliphatic rings. The second kappa shape index (κ2) is 28.7. The maximum Gasteiger partial charge on any atom is 0.338 e. The van der Waals surface area contributed by atoms with Gasteiger partial charge >= 0.3 is 29.8 Å². The zero-order chi connectivity index (χ0) is 51.4. The standard InChI is InChI=1S/C54H54Br4N2O12/c1-3-4-5-6-7-8-9-10-11-12-13-47(61)71-49(46-31-59-33-67-46)50-60-43(32-66-50)44(69-52(63)36-16-24-40(56)25-17-36)30-45(70-53(64)37-18-26-41(57)27-19-37)48(72-54(65)38-20-28-42(58)29-21-38)34(2)68-51(62)35-14-22-39(55)23-15-35/h14-29,31-34,44-45,48-49H,3-13,30H2,1-2H3/t34-,44+,45-,48+,49+/m1/s1. The lowest BCUT2D eigenvalue weighted by molar-refractivity contribution is -0.149. The van der Waals surface area contributed by atoms with Crippen LogP contribution in [0.25, 0.3) is 0 Å². The van der Waals surface area contributed by atoms with Gasteiger partial charge in [0.15, 0.2) is 24.4 Å². The third kappa shape index (κ3) is 17.4. The molecular weight excluding hydrogens is 1190 g/mol. The Balaban J connectivity index is 1.33. The van der Waals surface area contributed by atoms with Crippen molar-refractivity contribution in [3.8, 4) is 0 Å². The van der Waals surface area contributed by atoms with E-state index in [-0.39, 0.29) is 46.0 Å². The highest BCUT2D eigenvalue weighted by molar-refractivity contribution is 9.11. The van der Waals surface area contributed by atoms with Gasteiger partial charge in [0.1, 0.15) is 24.2 Å². The first-order valence-electron chi connectivity index (χ1n) is 23.7. The Morgan fingerprint density at radius 1 is 0.542 bits per heavy atom. The smallest absolute Gasteiger partial charge is 0.338 e. The molecule has 5 atom stereocenters. The van der Waals surface area contributed by atoms with Crippen LogP contribution in [0.1, 0.15) is 162 Å². The number of carbonyl (C=O) groups excluding carboxylic acids is 5. The SMILES string of the molecule is CCCCCCCCCCCCC(=O)O[C@@H](c1cnco1)c1nc([C@H](C[C@@H](OC(=O)c2ccc(Br)cc2)[C@@H](OC(=O)c2ccc(Br)cc2)[C@@H](C)OC(=O)c2ccc(Br)cc2)OC(=O)c2ccc(Br)cc2)co1. The summed E-state index contributed by atoms with van der Waals surface area (Å²) >= 11 is 13.5. The number of nitrogens with zero attached hydrogens (tertiary/aromatic N) is 2. The molecule has 380 valence electrons. The molecule has 0 fully saturated rings. The molecule has 0 radical (unpaired) electrons. The van der Waals surface area contributed by atoms with Crippen LogP contribution in [0.3, 0.4) is 0 Å². The van der Waals surface area contributed by atoms with E-state index in [9.17, 15) is 24.0 Å². The molecule has 0 amide bonds. The molecule has 0 saturated carbocycles. The summed E-state index contributed by atoms with van der Waals surface area (Å²) in [4.78, 5) is 78.0. The van der Waals surface area contributed by atoms with E-state index in [1.54, 1.807) is 72.8 Å². The third-order valence-corrected chi connectivity index (χ3v) is 13.5. The first-order chi connectivity index (χ1) is 34.8. The molecule has 0 unspecified atom stereocenters. The minimum absolute atomic E-state index is 0.00657. The van der Waals surface area contributed by atoms with Crippen molar-refractivity contribution in [2.75, 3.05) is 0 Å². The van der Waals surface area contributed by atoms with Crippen molar-refractivity contribution in [3.63, 3.8) is 0 Å². The van der Waals surface area contributed by atoms with Gasteiger partial charge in [-0.3, -0.25) is 4.79 Å². The summed E-state index contributed by atoms with van der Waals surface area (Å²) < 4.78 is 44.9. The number of carbonyl (C=O) groups is 5. The number of hydrogen-bond donors (Lipinski definition) is 0. The van der Waals surface area contributed by atoms with E-state index < -0.39 is 66.8 Å². The van der Waals surface area contributed by atoms with Gasteiger partial charge in [-0.1, -0.05) is 128 Å². The lowest BCUT2D eigenvalue weighted by atomic mass is 10.00. The average molecular weight is 1240 g/mol. The van der Waals surface area contributed by atoms with Crippen LogP contribution in [0.15, 0.2) is 143 Å². The van der Waals surface area contributed by atoms with Crippen LogP contribution in [0, 0.1) is 0 Å². The van der Waals surface area contributed by atoms with Crippen molar-refractivity contribution in [1.29, 1.82) is 0 Å². The number of halogens is 4. The average Bonchev–Trinajstić information content (AvgIpc) is 4.10. The second-order valence-corrected chi connectivity index (χ2v) is 20.6. The lowest BCUT2D eigenvalue weighted by Gasteiger charge is -2.32. The molecule has 0 aliphatic carbocycles. The maximum atomic E-state index is 14.2. The molecule has 2 heterocycles. The van der Waals surface area contributed by atoms with Crippen LogP contribution in [0.2, 0.25) is 0 Å². The summed E-state index contributed by atoms with van der Waals surface area (Å²) in [5.74, 6) is -3.79. The van der Waals surface area contributed by atoms with Gasteiger partial charge in [0, 0.05) is 30.7 Å². The van der Waals surface area contributed by atoms with Gasteiger partial charge in [0.05, 0.1) is 28.5 Å². The fraction of sp³-hybridized carbons (Fsp3) is 0.352. The summed E-state index contributed by atoms with van der Waals surface area (Å²) in [5.41, 5.74) is 0.600. The molecule has 0 spiro atoms. The van der Waals surface area contributed by atoms with Gasteiger partial charge in [-0.2, -0.15) is 0 Å². The molecule has 6 rings (SSSR count). The number of hydrogen-bond acceptors (Lipinski definition) is 14. The van der Waals surface area contributed by atoms with Crippen LogP contribution < -0.4 is 0 Å². The van der Waals surface area contributed by atoms with E-state index in [0.29, 0.717) is 19.8 Å². The summed E-state index contributed by atoms with van der Waals surface area (Å²) in [5, 5.41) is 0. The largest absolute Gasteiger partial charge is 0.455 e. The van der Waals surface area contributed by atoms with Gasteiger partial charge in [-0.05, 0) is 110 Å². The molecule has 72 heavy (non-hydrogen) atoms. The van der Waals surface area contributed by atoms with E-state index in [0.717, 1.165) is 23.7 Å². The van der Waals surface area contributed by atoms with Gasteiger partial charge in [-0.15, -0.1) is 0 Å². The van der Waals surface area contributed by atoms with Crippen LogP contribution >= 0.6 is 63.7 Å². The summed E-state index contributed by atoms with van der Waals surface area (Å²) in [6.07, 6.45) is 7.30. The van der Waals surface area contributed by atoms with Crippen molar-refractivity contribution in [2.45, 2.75) is 121 Å². The Morgan fingerprint density at radius 3 is 1.46 bits per heavy atom. The fourth-order valence-electron chi connectivity index (χ4n) is 7.51. The fourth-order valence-corrected chi connectivity index (χ4v) is 8.56. The number of esters is 5. The van der Waals surface area contributed by atoms with Crippen LogP contribution in [-0.4, -0.2) is 58.1 Å². The first kappa shape index (κ1) is 55.9. The van der Waals surface area contributed by atoms with Crippen molar-refractivity contribution in [3.05, 3.63) is 173 Å². The van der Waals surface area contributed by atoms with E-state index in [2.05, 4.69) is 75.6 Å². The number of unbranched alkanes of at least 4 members (excludes halogenated alkanes) is 9. The quantitative estimate of drug-likeness (QED) is 0.0270. The molecule has 0 N–H and O–H groups in total. The van der Waals surface area contributed by atoms with Crippen molar-refractivity contribution >= 4 is 93.6 Å². The molecular formula is C54H54Br4N2O12. The lowest BCUT2D eigenvalue weighted by Crippen LogP contribution is -2.45. The normalized spacial score (nSPS) is 13.2. The summed E-state index contributed by atoms with van der Waals surface area (Å²) in [6.45, 7) is 3.69. The van der Waals surface area contributed by atoms with E-state index in [1.807, 2.05) is 0 Å². The third-order valence-electron chi connectivity index (χ3n) is 11.4. The Bertz CT molecular complexity index is 2660. The monoisotopic (exact) mass is 1240 g/mol. The number of ether oxygens (including phenoxy) is 5. The second-order valence-electron chi connectivity index (χ2n) is 16.9. The highest BCUT2D eigenvalue weighted by Gasteiger charge is 2.41. The molecule has 2 aromatic heterocycles. The highest BCUT2D eigenvalue weighted by Crippen LogP contribution is 2.34. The Labute approximate surface area is 451 Å². The zero-order valence-corrected chi connectivity index (χ0v) is 46.0. The summed E-state index contributed by atoms with van der Waals surface area (Å²) in [6, 6.07) is 25.5. The molecule has 0 saturated heterocycles. The molecule has 0 aliphatic heterocycles. The Kier molecular flexibility index (Phi) is 22.3. The molecule has 4 aromatic carbocycles. The van der Waals surface area contributed by atoms with Crippen molar-refractivity contribution in [2.24, 2.45) is 0 Å². The minimum atomic E-state index is -1.55. The van der Waals surface area contributed by atoms with Gasteiger partial charge in [0.2, 0.25) is 12.0 Å². The first-order valence-corrected chi connectivity index (χ1v) is 26.8. The van der Waals surface area contributed by atoms with Crippen LogP contribution in [0.4, 0.5) is 0 Å². The predicted octanol–water partition coefficient (Wildman–Crippen LogP) is 14.6. The molecule has 6 aromatic rings. The maximum absolute atomic E-state index is 14.2. The van der Waals surface area contributed by atoms with E-state index in [4.69, 9.17) is 37.5 Å². The van der Waals surface area contributed by atoms with Gasteiger partial charge in [-0.25, -0.2) is 29.1 Å². The van der Waals surface area contributed by atoms with E-state index in [1.165, 1.54) is 88.6 Å². The number of aromatic nitrogens is 2. The van der Waals surface area contributed by atoms with Crippen LogP contribution in [0.5, 0.6) is 0 Å². The van der Waals surface area contributed by atoms with E-state index >= 15 is 0 Å². The molecule has 14 nitrogen and oxygen atoms in total. The minimum Gasteiger partial charge on any atom is -0.455 e. The molecule has 0 bridgehead atoms.